The molecule has 1 saturated carbocycles. The van der Waals surface area contributed by atoms with Crippen LogP contribution in [0.15, 0.2) is 59.5 Å². The molecular weight excluding hydrogens is 488 g/mol. The van der Waals surface area contributed by atoms with E-state index in [4.69, 9.17) is 4.74 Å². The molecule has 0 aromatic heterocycles. The van der Waals surface area contributed by atoms with Crippen molar-refractivity contribution in [2.45, 2.75) is 77.0 Å². The van der Waals surface area contributed by atoms with Crippen LogP contribution in [0.3, 0.4) is 0 Å². The number of aryl methyl sites for hydroxylation is 1. The fourth-order valence-corrected chi connectivity index (χ4v) is 7.08. The van der Waals surface area contributed by atoms with E-state index in [1.165, 1.54) is 17.0 Å². The second-order valence-corrected chi connectivity index (χ2v) is 12.8. The van der Waals surface area contributed by atoms with Gasteiger partial charge < -0.3 is 9.64 Å². The van der Waals surface area contributed by atoms with Gasteiger partial charge in [0.15, 0.2) is 6.04 Å². The molecular formula is C29H38N2O5S. The van der Waals surface area contributed by atoms with Crippen LogP contribution >= 0.6 is 0 Å². The van der Waals surface area contributed by atoms with Gasteiger partial charge in [-0.3, -0.25) is 0 Å². The number of carbonyl (C=O) groups is 2. The lowest BCUT2D eigenvalue weighted by atomic mass is 9.75. The van der Waals surface area contributed by atoms with Crippen LogP contribution in [0.5, 0.6) is 0 Å². The highest BCUT2D eigenvalue weighted by molar-refractivity contribution is 7.89. The molecule has 37 heavy (non-hydrogen) atoms. The predicted octanol–water partition coefficient (Wildman–Crippen LogP) is 5.56. The minimum Gasteiger partial charge on any atom is -0.460 e. The molecule has 0 radical (unpaired) electrons. The Kier molecular flexibility index (Phi) is 7.97. The highest BCUT2D eigenvalue weighted by Crippen LogP contribution is 2.37. The Labute approximate surface area is 220 Å². The van der Waals surface area contributed by atoms with Crippen LogP contribution in [-0.4, -0.2) is 48.3 Å². The molecule has 2 aromatic rings. The van der Waals surface area contributed by atoms with Gasteiger partial charge in [-0.15, -0.1) is 0 Å². The van der Waals surface area contributed by atoms with Crippen LogP contribution in [0.4, 0.5) is 4.79 Å². The first-order chi connectivity index (χ1) is 17.5. The van der Waals surface area contributed by atoms with Crippen molar-refractivity contribution in [3.8, 4) is 0 Å². The monoisotopic (exact) mass is 526 g/mol. The van der Waals surface area contributed by atoms with E-state index in [1.54, 1.807) is 12.1 Å². The van der Waals surface area contributed by atoms with Crippen LogP contribution in [0.1, 0.15) is 64.1 Å². The van der Waals surface area contributed by atoms with E-state index in [1.807, 2.05) is 44.2 Å². The van der Waals surface area contributed by atoms with E-state index in [2.05, 4.69) is 20.8 Å². The summed E-state index contributed by atoms with van der Waals surface area (Å²) in [5, 5.41) is 0. The number of ether oxygens (including phenoxy) is 1. The number of benzene rings is 2. The molecule has 1 saturated heterocycles. The minimum atomic E-state index is -4.29. The summed E-state index contributed by atoms with van der Waals surface area (Å²) < 4.78 is 34.3. The quantitative estimate of drug-likeness (QED) is 0.442. The van der Waals surface area contributed by atoms with Gasteiger partial charge in [-0.2, -0.15) is 0 Å². The number of amides is 2. The highest BCUT2D eigenvalue weighted by Gasteiger charge is 2.51. The number of nitrogens with zero attached hydrogens (tertiary/aromatic N) is 2. The summed E-state index contributed by atoms with van der Waals surface area (Å²) in [6, 6.07) is 13.3. The number of urea groups is 1. The lowest BCUT2D eigenvalue weighted by Gasteiger charge is -2.37. The molecule has 4 rings (SSSR count). The number of carbonyl (C=O) groups excluding carboxylic acids is 2. The molecule has 2 amide bonds. The van der Waals surface area contributed by atoms with Crippen LogP contribution < -0.4 is 0 Å². The fraction of sp³-hybridized carbons (Fsp3) is 0.517. The van der Waals surface area contributed by atoms with Gasteiger partial charge in [0.05, 0.1) is 17.5 Å². The van der Waals surface area contributed by atoms with E-state index in [-0.39, 0.29) is 23.5 Å². The maximum absolute atomic E-state index is 13.8. The molecule has 1 aliphatic carbocycles. The topological polar surface area (TPSA) is 84.0 Å². The Morgan fingerprint density at radius 1 is 1.00 bits per heavy atom. The first-order valence-electron chi connectivity index (χ1n) is 13.2. The Morgan fingerprint density at radius 2 is 1.65 bits per heavy atom. The van der Waals surface area contributed by atoms with Crippen molar-refractivity contribution in [2.75, 3.05) is 6.54 Å². The SMILES string of the molecule is Cc1ccc(S(=O)(=O)N2C(=O)N([C@H](C)c3ccccc3)C[C@@H]2C(=O)O[C@@H]2C[C@H](C)CC[C@H]2C(C)C)cc1. The third kappa shape index (κ3) is 5.54. The van der Waals surface area contributed by atoms with Crippen molar-refractivity contribution in [1.82, 2.24) is 9.21 Å². The number of hydrogen-bond acceptors (Lipinski definition) is 5. The van der Waals surface area contributed by atoms with Gasteiger partial charge in [0.2, 0.25) is 0 Å². The minimum absolute atomic E-state index is 0.0233. The normalized spacial score (nSPS) is 25.4. The van der Waals surface area contributed by atoms with Gasteiger partial charge in [0, 0.05) is 0 Å². The van der Waals surface area contributed by atoms with E-state index < -0.39 is 34.1 Å². The molecule has 0 N–H and O–H groups in total. The van der Waals surface area contributed by atoms with Crippen LogP contribution in [0.25, 0.3) is 0 Å². The van der Waals surface area contributed by atoms with Crippen LogP contribution in [0, 0.1) is 24.7 Å². The second kappa shape index (κ2) is 10.9. The molecule has 0 unspecified atom stereocenters. The molecule has 0 bridgehead atoms. The standard InChI is InChI=1S/C29H38N2O5S/c1-19(2)25-16-13-21(4)17-27(25)36-28(32)26-18-30(22(5)23-9-7-6-8-10-23)29(33)31(26)37(34,35)24-14-11-20(3)12-15-24/h6-12,14-15,19,21-22,25-27H,13,16-18H2,1-5H3/t21-,22-,25+,26-,27-/m1/s1. The average Bonchev–Trinajstić information content (AvgIpc) is 3.22. The number of hydrogen-bond donors (Lipinski definition) is 0. The molecule has 1 heterocycles. The Balaban J connectivity index is 1.68. The predicted molar refractivity (Wildman–Crippen MR) is 142 cm³/mol. The molecule has 5 atom stereocenters. The van der Waals surface area contributed by atoms with Crippen LogP contribution in [0.2, 0.25) is 0 Å². The summed E-state index contributed by atoms with van der Waals surface area (Å²) in [5.41, 5.74) is 1.76. The van der Waals surface area contributed by atoms with Crippen molar-refractivity contribution in [1.29, 1.82) is 0 Å². The van der Waals surface area contributed by atoms with Crippen LogP contribution in [-0.2, 0) is 19.6 Å². The number of esters is 1. The smallest absolute Gasteiger partial charge is 0.335 e. The summed E-state index contributed by atoms with van der Waals surface area (Å²) >= 11 is 0. The average molecular weight is 527 g/mol. The van der Waals surface area contributed by atoms with Crippen molar-refractivity contribution in [3.05, 3.63) is 65.7 Å². The van der Waals surface area contributed by atoms with Gasteiger partial charge in [-0.25, -0.2) is 22.3 Å². The summed E-state index contributed by atoms with van der Waals surface area (Å²) in [7, 11) is -4.29. The zero-order valence-corrected chi connectivity index (χ0v) is 23.1. The van der Waals surface area contributed by atoms with Crippen molar-refractivity contribution >= 4 is 22.0 Å². The third-order valence-corrected chi connectivity index (χ3v) is 9.71. The van der Waals surface area contributed by atoms with Gasteiger partial charge in [-0.05, 0) is 62.1 Å². The van der Waals surface area contributed by atoms with Gasteiger partial charge >= 0.3 is 12.0 Å². The largest absolute Gasteiger partial charge is 0.460 e. The highest BCUT2D eigenvalue weighted by atomic mass is 32.2. The van der Waals surface area contributed by atoms with Gasteiger partial charge in [0.1, 0.15) is 6.10 Å². The van der Waals surface area contributed by atoms with Crippen molar-refractivity contribution < 1.29 is 22.7 Å². The van der Waals surface area contributed by atoms with Gasteiger partial charge in [0.25, 0.3) is 10.0 Å². The molecule has 1 aliphatic heterocycles. The molecule has 200 valence electrons. The Morgan fingerprint density at radius 3 is 2.27 bits per heavy atom. The summed E-state index contributed by atoms with van der Waals surface area (Å²) in [4.78, 5) is 28.8. The molecule has 2 fully saturated rings. The first kappa shape index (κ1) is 27.2. The molecule has 2 aliphatic rings. The third-order valence-electron chi connectivity index (χ3n) is 7.92. The molecule has 2 aromatic carbocycles. The lowest BCUT2D eigenvalue weighted by Crippen LogP contribution is -2.47. The van der Waals surface area contributed by atoms with E-state index in [9.17, 15) is 18.0 Å². The van der Waals surface area contributed by atoms with E-state index in [0.29, 0.717) is 11.8 Å². The summed E-state index contributed by atoms with van der Waals surface area (Å²) in [6.07, 6.45) is 2.48. The number of sulfonamides is 1. The lowest BCUT2D eigenvalue weighted by molar-refractivity contribution is -0.159. The molecule has 7 nitrogen and oxygen atoms in total. The van der Waals surface area contributed by atoms with E-state index in [0.717, 1.165) is 34.7 Å². The summed E-state index contributed by atoms with van der Waals surface area (Å²) in [5.74, 6) is 0.299. The van der Waals surface area contributed by atoms with Crippen molar-refractivity contribution in [2.24, 2.45) is 17.8 Å². The second-order valence-electron chi connectivity index (χ2n) is 11.0. The zero-order valence-electron chi connectivity index (χ0n) is 22.3. The van der Waals surface area contributed by atoms with E-state index >= 15 is 0 Å². The Hall–Kier alpha value is -2.87. The van der Waals surface area contributed by atoms with Gasteiger partial charge in [-0.1, -0.05) is 75.2 Å². The Bertz CT molecular complexity index is 1210. The fourth-order valence-electron chi connectivity index (χ4n) is 5.58. The van der Waals surface area contributed by atoms with Crippen molar-refractivity contribution in [3.63, 3.8) is 0 Å². The maximum Gasteiger partial charge on any atom is 0.335 e. The maximum atomic E-state index is 13.8. The first-order valence-corrected chi connectivity index (χ1v) is 14.6. The molecule has 8 heteroatoms. The summed E-state index contributed by atoms with van der Waals surface area (Å²) in [6.45, 7) is 10.0. The number of rotatable bonds is 7. The zero-order chi connectivity index (χ0) is 26.9. The molecule has 0 spiro atoms.